The predicted octanol–water partition coefficient (Wildman–Crippen LogP) is 5.73. The number of hydrogen-bond donors (Lipinski definition) is 1. The minimum absolute atomic E-state index is 0. The number of amides is 1. The first-order valence-electron chi connectivity index (χ1n) is 8.63. The number of hydrogen-bond acceptors (Lipinski definition) is 6. The second kappa shape index (κ2) is 9.78. The van der Waals surface area contributed by atoms with E-state index in [1.54, 1.807) is 6.92 Å². The molecule has 1 aliphatic rings. The number of carbonyl (C=O) groups is 2. The quantitative estimate of drug-likeness (QED) is 0.551. The van der Waals surface area contributed by atoms with E-state index in [-0.39, 0.29) is 24.9 Å². The molecule has 3 rings (SSSR count). The number of nitrogens with zero attached hydrogens (tertiary/aromatic N) is 1. The van der Waals surface area contributed by atoms with Crippen LogP contribution in [0, 0.1) is 0 Å². The van der Waals surface area contributed by atoms with Crippen molar-refractivity contribution < 1.29 is 14.3 Å². The van der Waals surface area contributed by atoms with Gasteiger partial charge in [-0.05, 0) is 38.8 Å². The summed E-state index contributed by atoms with van der Waals surface area (Å²) >= 11 is 14.6. The summed E-state index contributed by atoms with van der Waals surface area (Å²) < 4.78 is 6.00. The number of esters is 1. The second-order valence-electron chi connectivity index (χ2n) is 6.43. The predicted molar refractivity (Wildman–Crippen MR) is 119 cm³/mol. The average molecular weight is 484 g/mol. The molecule has 1 N–H and O–H groups in total. The Hall–Kier alpha value is -0.830. The lowest BCUT2D eigenvalue weighted by molar-refractivity contribution is 0.0526. The van der Waals surface area contributed by atoms with Gasteiger partial charge in [-0.15, -0.1) is 35.1 Å². The third kappa shape index (κ3) is 4.83. The van der Waals surface area contributed by atoms with E-state index in [1.807, 2.05) is 0 Å². The Morgan fingerprint density at radius 2 is 2.04 bits per heavy atom. The van der Waals surface area contributed by atoms with Crippen molar-refractivity contribution >= 4 is 75.2 Å². The summed E-state index contributed by atoms with van der Waals surface area (Å²) in [7, 11) is 0. The fraction of sp³-hybridized carbons (Fsp3) is 0.444. The molecule has 2 aromatic rings. The largest absolute Gasteiger partial charge is 0.462 e. The first-order valence-corrected chi connectivity index (χ1v) is 11.0. The van der Waals surface area contributed by atoms with Gasteiger partial charge in [0.15, 0.2) is 0 Å². The number of fused-ring (bicyclic) bond motifs is 1. The van der Waals surface area contributed by atoms with E-state index in [0.717, 1.165) is 41.3 Å². The third-order valence-corrected chi connectivity index (χ3v) is 7.04. The van der Waals surface area contributed by atoms with Crippen molar-refractivity contribution in [1.82, 2.24) is 4.90 Å². The summed E-state index contributed by atoms with van der Waals surface area (Å²) in [5.74, 6) is -0.786. The van der Waals surface area contributed by atoms with Gasteiger partial charge in [-0.2, -0.15) is 0 Å². The van der Waals surface area contributed by atoms with Gasteiger partial charge < -0.3 is 10.1 Å². The van der Waals surface area contributed by atoms with E-state index < -0.39 is 5.97 Å². The standard InChI is InChI=1S/C18H20Cl2N2O3S2.ClH/c1-4-25-18(24)14-10-5-6-22(9(2)3)8-12(10)26-17(14)21-16(23)11-7-13(19)27-15(11)20;/h7,9H,4-6,8H2,1-3H3,(H,21,23);1H. The molecule has 1 amide bonds. The average Bonchev–Trinajstić information content (AvgIpc) is 3.13. The highest BCUT2D eigenvalue weighted by atomic mass is 35.5. The van der Waals surface area contributed by atoms with Gasteiger partial charge in [-0.3, -0.25) is 9.69 Å². The number of anilines is 1. The number of carbonyl (C=O) groups excluding carboxylic acids is 2. The number of halogens is 3. The van der Waals surface area contributed by atoms with Crippen LogP contribution in [0.15, 0.2) is 6.07 Å². The SMILES string of the molecule is CCOC(=O)c1c(NC(=O)c2cc(Cl)sc2Cl)sc2c1CCN(C(C)C)C2.Cl. The topological polar surface area (TPSA) is 58.6 Å². The van der Waals surface area contributed by atoms with Crippen LogP contribution in [0.1, 0.15) is 51.9 Å². The van der Waals surface area contributed by atoms with Crippen LogP contribution in [-0.4, -0.2) is 36.0 Å². The number of ether oxygens (including phenoxy) is 1. The van der Waals surface area contributed by atoms with Crippen molar-refractivity contribution in [2.45, 2.75) is 39.8 Å². The molecule has 0 aliphatic carbocycles. The molecule has 0 fully saturated rings. The van der Waals surface area contributed by atoms with Gasteiger partial charge >= 0.3 is 5.97 Å². The molecule has 0 atom stereocenters. The molecule has 0 unspecified atom stereocenters. The second-order valence-corrected chi connectivity index (χ2v) is 9.83. The molecule has 10 heteroatoms. The molecule has 3 heterocycles. The Balaban J connectivity index is 0.00000280. The zero-order chi connectivity index (χ0) is 19.7. The van der Waals surface area contributed by atoms with E-state index in [4.69, 9.17) is 27.9 Å². The fourth-order valence-corrected chi connectivity index (χ4v) is 5.75. The molecule has 0 saturated carbocycles. The summed E-state index contributed by atoms with van der Waals surface area (Å²) in [5, 5.41) is 3.35. The van der Waals surface area contributed by atoms with Gasteiger partial charge in [0.05, 0.1) is 22.1 Å². The van der Waals surface area contributed by atoms with Crippen LogP contribution in [0.25, 0.3) is 0 Å². The lowest BCUT2D eigenvalue weighted by atomic mass is 10.0. The molecule has 1 aliphatic heterocycles. The number of thiophene rings is 2. The zero-order valence-electron chi connectivity index (χ0n) is 15.6. The smallest absolute Gasteiger partial charge is 0.341 e. The van der Waals surface area contributed by atoms with Crippen LogP contribution in [0.2, 0.25) is 8.67 Å². The van der Waals surface area contributed by atoms with Crippen molar-refractivity contribution in [2.24, 2.45) is 0 Å². The molecular formula is C18H21Cl3N2O3S2. The van der Waals surface area contributed by atoms with E-state index in [9.17, 15) is 9.59 Å². The molecule has 28 heavy (non-hydrogen) atoms. The van der Waals surface area contributed by atoms with Crippen LogP contribution < -0.4 is 5.32 Å². The first kappa shape index (κ1) is 23.4. The maximum absolute atomic E-state index is 12.7. The molecule has 5 nitrogen and oxygen atoms in total. The van der Waals surface area contributed by atoms with Crippen LogP contribution in [0.3, 0.4) is 0 Å². The zero-order valence-corrected chi connectivity index (χ0v) is 19.6. The van der Waals surface area contributed by atoms with E-state index in [1.165, 1.54) is 17.4 Å². The van der Waals surface area contributed by atoms with Crippen LogP contribution in [0.5, 0.6) is 0 Å². The van der Waals surface area contributed by atoms with E-state index >= 15 is 0 Å². The van der Waals surface area contributed by atoms with Gasteiger partial charge in [0.2, 0.25) is 0 Å². The highest BCUT2D eigenvalue weighted by molar-refractivity contribution is 7.20. The lowest BCUT2D eigenvalue weighted by Gasteiger charge is -2.30. The molecule has 0 aromatic carbocycles. The minimum Gasteiger partial charge on any atom is -0.462 e. The summed E-state index contributed by atoms with van der Waals surface area (Å²) in [6, 6.07) is 1.94. The van der Waals surface area contributed by atoms with Crippen molar-refractivity contribution in [3.8, 4) is 0 Å². The fourth-order valence-electron chi connectivity index (χ4n) is 3.04. The highest BCUT2D eigenvalue weighted by Crippen LogP contribution is 2.39. The monoisotopic (exact) mass is 482 g/mol. The van der Waals surface area contributed by atoms with Crippen molar-refractivity contribution in [3.63, 3.8) is 0 Å². The van der Waals surface area contributed by atoms with E-state index in [0.29, 0.717) is 30.8 Å². The van der Waals surface area contributed by atoms with Gasteiger partial charge in [-0.1, -0.05) is 23.2 Å². The molecule has 154 valence electrons. The van der Waals surface area contributed by atoms with Crippen molar-refractivity contribution in [1.29, 1.82) is 0 Å². The Labute approximate surface area is 188 Å². The van der Waals surface area contributed by atoms with Crippen LogP contribution in [-0.2, 0) is 17.7 Å². The molecule has 0 bridgehead atoms. The van der Waals surface area contributed by atoms with Crippen molar-refractivity contribution in [3.05, 3.63) is 36.3 Å². The summed E-state index contributed by atoms with van der Waals surface area (Å²) in [6.45, 7) is 7.97. The van der Waals surface area contributed by atoms with Gasteiger partial charge in [0, 0.05) is 24.0 Å². The van der Waals surface area contributed by atoms with Crippen molar-refractivity contribution in [2.75, 3.05) is 18.5 Å². The number of rotatable bonds is 5. The highest BCUT2D eigenvalue weighted by Gasteiger charge is 2.30. The molecule has 0 radical (unpaired) electrons. The molecule has 2 aromatic heterocycles. The minimum atomic E-state index is -0.405. The Morgan fingerprint density at radius 1 is 1.32 bits per heavy atom. The molecular weight excluding hydrogens is 463 g/mol. The summed E-state index contributed by atoms with van der Waals surface area (Å²) in [4.78, 5) is 28.7. The maximum Gasteiger partial charge on any atom is 0.341 e. The van der Waals surface area contributed by atoms with Gasteiger partial charge in [-0.25, -0.2) is 4.79 Å². The maximum atomic E-state index is 12.7. The Bertz CT molecular complexity index is 880. The Morgan fingerprint density at radius 3 is 2.61 bits per heavy atom. The molecule has 0 saturated heterocycles. The molecule has 0 spiro atoms. The lowest BCUT2D eigenvalue weighted by Crippen LogP contribution is -2.35. The van der Waals surface area contributed by atoms with Gasteiger partial charge in [0.1, 0.15) is 9.34 Å². The summed E-state index contributed by atoms with van der Waals surface area (Å²) in [6.07, 6.45) is 0.749. The summed E-state index contributed by atoms with van der Waals surface area (Å²) in [5.41, 5.74) is 1.74. The normalized spacial score (nSPS) is 13.8. The van der Waals surface area contributed by atoms with Crippen LogP contribution in [0.4, 0.5) is 5.00 Å². The van der Waals surface area contributed by atoms with Gasteiger partial charge in [0.25, 0.3) is 5.91 Å². The third-order valence-electron chi connectivity index (χ3n) is 4.42. The van der Waals surface area contributed by atoms with E-state index in [2.05, 4.69) is 24.1 Å². The first-order chi connectivity index (χ1) is 12.8. The number of nitrogens with one attached hydrogen (secondary N) is 1. The Kier molecular flexibility index (Phi) is 8.19. The van der Waals surface area contributed by atoms with Crippen LogP contribution >= 0.6 is 58.3 Å².